The van der Waals surface area contributed by atoms with E-state index in [0.717, 1.165) is 22.1 Å². The standard InChI is InChI=1S/C18H25N3O2S/c1-6-23-13(2)18-19-14(12-24-18)11-17(22)21(5)16-9-7-15(8-10-16)20(3)4/h7-10,12-13H,6,11H2,1-5H3. The van der Waals surface area contributed by atoms with Gasteiger partial charge in [0.2, 0.25) is 5.91 Å². The van der Waals surface area contributed by atoms with Gasteiger partial charge in [-0.25, -0.2) is 4.98 Å². The van der Waals surface area contributed by atoms with Gasteiger partial charge in [0.25, 0.3) is 0 Å². The molecule has 0 saturated heterocycles. The molecule has 0 aliphatic carbocycles. The number of hydrogen-bond acceptors (Lipinski definition) is 5. The maximum atomic E-state index is 12.5. The van der Waals surface area contributed by atoms with Crippen molar-refractivity contribution < 1.29 is 9.53 Å². The van der Waals surface area contributed by atoms with Crippen molar-refractivity contribution in [1.29, 1.82) is 0 Å². The number of aromatic nitrogens is 1. The maximum absolute atomic E-state index is 12.5. The Kier molecular flexibility index (Phi) is 6.34. The minimum Gasteiger partial charge on any atom is -0.378 e. The second-order valence-electron chi connectivity index (χ2n) is 5.82. The molecule has 130 valence electrons. The van der Waals surface area contributed by atoms with Crippen LogP contribution in [0.3, 0.4) is 0 Å². The third-order valence-corrected chi connectivity index (χ3v) is 4.85. The first kappa shape index (κ1) is 18.4. The van der Waals surface area contributed by atoms with E-state index in [0.29, 0.717) is 13.0 Å². The van der Waals surface area contributed by atoms with Gasteiger partial charge in [0.05, 0.1) is 12.1 Å². The summed E-state index contributed by atoms with van der Waals surface area (Å²) in [6, 6.07) is 7.92. The van der Waals surface area contributed by atoms with Gasteiger partial charge in [-0.3, -0.25) is 4.79 Å². The molecule has 1 unspecified atom stereocenters. The molecule has 0 aliphatic rings. The van der Waals surface area contributed by atoms with E-state index in [-0.39, 0.29) is 12.0 Å². The molecular weight excluding hydrogens is 322 g/mol. The summed E-state index contributed by atoms with van der Waals surface area (Å²) >= 11 is 1.54. The number of ether oxygens (including phenoxy) is 1. The van der Waals surface area contributed by atoms with Crippen LogP contribution in [0.1, 0.15) is 30.7 Å². The van der Waals surface area contributed by atoms with Crippen LogP contribution in [0, 0.1) is 0 Å². The Balaban J connectivity index is 2.01. The third-order valence-electron chi connectivity index (χ3n) is 3.79. The second kappa shape index (κ2) is 8.26. The highest BCUT2D eigenvalue weighted by atomic mass is 32.1. The molecule has 1 amide bonds. The normalized spacial score (nSPS) is 12.0. The lowest BCUT2D eigenvalue weighted by molar-refractivity contribution is -0.117. The Morgan fingerprint density at radius 2 is 1.83 bits per heavy atom. The largest absolute Gasteiger partial charge is 0.378 e. The van der Waals surface area contributed by atoms with E-state index >= 15 is 0 Å². The van der Waals surface area contributed by atoms with Crippen molar-refractivity contribution in [2.45, 2.75) is 26.4 Å². The molecular formula is C18H25N3O2S. The summed E-state index contributed by atoms with van der Waals surface area (Å²) in [6.07, 6.45) is 0.265. The predicted octanol–water partition coefficient (Wildman–Crippen LogP) is 3.51. The van der Waals surface area contributed by atoms with Gasteiger partial charge < -0.3 is 14.5 Å². The van der Waals surface area contributed by atoms with Gasteiger partial charge in [-0.2, -0.15) is 0 Å². The van der Waals surface area contributed by atoms with E-state index in [9.17, 15) is 4.79 Å². The van der Waals surface area contributed by atoms with E-state index in [4.69, 9.17) is 4.74 Å². The molecule has 0 radical (unpaired) electrons. The fraction of sp³-hybridized carbons (Fsp3) is 0.444. The summed E-state index contributed by atoms with van der Waals surface area (Å²) in [4.78, 5) is 20.7. The van der Waals surface area contributed by atoms with Crippen LogP contribution in [0.2, 0.25) is 0 Å². The highest BCUT2D eigenvalue weighted by Gasteiger charge is 2.16. The summed E-state index contributed by atoms with van der Waals surface area (Å²) < 4.78 is 5.54. The van der Waals surface area contributed by atoms with E-state index in [2.05, 4.69) is 4.98 Å². The lowest BCUT2D eigenvalue weighted by Gasteiger charge is -2.19. The molecule has 2 aromatic rings. The Bertz CT molecular complexity index is 667. The number of carbonyl (C=O) groups excluding carboxylic acids is 1. The fourth-order valence-electron chi connectivity index (χ4n) is 2.30. The van der Waals surface area contributed by atoms with Crippen LogP contribution in [0.4, 0.5) is 11.4 Å². The quantitative estimate of drug-likeness (QED) is 0.769. The van der Waals surface area contributed by atoms with Crippen LogP contribution in [0.5, 0.6) is 0 Å². The van der Waals surface area contributed by atoms with E-state index in [1.165, 1.54) is 11.3 Å². The second-order valence-corrected chi connectivity index (χ2v) is 6.70. The van der Waals surface area contributed by atoms with Crippen molar-refractivity contribution in [3.05, 3.63) is 40.3 Å². The molecule has 0 fully saturated rings. The highest BCUT2D eigenvalue weighted by molar-refractivity contribution is 7.09. The number of nitrogens with zero attached hydrogens (tertiary/aromatic N) is 3. The van der Waals surface area contributed by atoms with Crippen molar-refractivity contribution in [3.63, 3.8) is 0 Å². The molecule has 1 aromatic heterocycles. The SMILES string of the molecule is CCOC(C)c1nc(CC(=O)N(C)c2ccc(N(C)C)cc2)cs1. The van der Waals surface area contributed by atoms with Gasteiger partial charge in [0.1, 0.15) is 11.1 Å². The fourth-order valence-corrected chi connectivity index (χ4v) is 3.13. The molecule has 2 rings (SSSR count). The first-order valence-electron chi connectivity index (χ1n) is 8.02. The van der Waals surface area contributed by atoms with Crippen LogP contribution in [0.15, 0.2) is 29.6 Å². The average molecular weight is 347 g/mol. The average Bonchev–Trinajstić information content (AvgIpc) is 3.03. The van der Waals surface area contributed by atoms with Crippen molar-refractivity contribution in [2.24, 2.45) is 0 Å². The Morgan fingerprint density at radius 3 is 2.42 bits per heavy atom. The highest BCUT2D eigenvalue weighted by Crippen LogP contribution is 2.23. The van der Waals surface area contributed by atoms with Gasteiger partial charge in [-0.1, -0.05) is 0 Å². The Labute approximate surface area is 147 Å². The lowest BCUT2D eigenvalue weighted by Crippen LogP contribution is -2.28. The maximum Gasteiger partial charge on any atom is 0.232 e. The van der Waals surface area contributed by atoms with Crippen molar-refractivity contribution in [2.75, 3.05) is 37.5 Å². The minimum absolute atomic E-state index is 0.0218. The summed E-state index contributed by atoms with van der Waals surface area (Å²) in [5.74, 6) is 0.0218. The lowest BCUT2D eigenvalue weighted by atomic mass is 10.2. The molecule has 1 heterocycles. The zero-order chi connectivity index (χ0) is 17.7. The molecule has 0 N–H and O–H groups in total. The van der Waals surface area contributed by atoms with Gasteiger partial charge >= 0.3 is 0 Å². The number of likely N-dealkylation sites (N-methyl/N-ethyl adjacent to an activating group) is 1. The smallest absolute Gasteiger partial charge is 0.232 e. The summed E-state index contributed by atoms with van der Waals surface area (Å²) in [5.41, 5.74) is 2.78. The molecule has 0 spiro atoms. The summed E-state index contributed by atoms with van der Waals surface area (Å²) in [7, 11) is 5.78. The first-order chi connectivity index (χ1) is 11.4. The van der Waals surface area contributed by atoms with Crippen LogP contribution in [0.25, 0.3) is 0 Å². The number of carbonyl (C=O) groups is 1. The number of benzene rings is 1. The number of thiazole rings is 1. The van der Waals surface area contributed by atoms with Crippen LogP contribution < -0.4 is 9.80 Å². The van der Waals surface area contributed by atoms with Crippen LogP contribution in [-0.4, -0.2) is 38.6 Å². The van der Waals surface area contributed by atoms with Gasteiger partial charge in [-0.05, 0) is 38.1 Å². The summed E-state index contributed by atoms with van der Waals surface area (Å²) in [6.45, 7) is 4.60. The first-order valence-corrected chi connectivity index (χ1v) is 8.90. The number of hydrogen-bond donors (Lipinski definition) is 0. The molecule has 1 atom stereocenters. The van der Waals surface area contributed by atoms with Gasteiger partial charge in [0.15, 0.2) is 0 Å². The molecule has 0 saturated carbocycles. The van der Waals surface area contributed by atoms with Crippen molar-refractivity contribution >= 4 is 28.6 Å². The monoisotopic (exact) mass is 347 g/mol. The minimum atomic E-state index is -0.0276. The van der Waals surface area contributed by atoms with Crippen molar-refractivity contribution in [1.82, 2.24) is 4.98 Å². The number of rotatable bonds is 7. The van der Waals surface area contributed by atoms with E-state index in [1.807, 2.05) is 62.5 Å². The van der Waals surface area contributed by atoms with E-state index in [1.54, 1.807) is 11.9 Å². The Hall–Kier alpha value is -1.92. The van der Waals surface area contributed by atoms with E-state index < -0.39 is 0 Å². The molecule has 1 aromatic carbocycles. The van der Waals surface area contributed by atoms with Crippen LogP contribution >= 0.6 is 11.3 Å². The zero-order valence-electron chi connectivity index (χ0n) is 14.9. The molecule has 6 heteroatoms. The third kappa shape index (κ3) is 4.55. The topological polar surface area (TPSA) is 45.7 Å². The van der Waals surface area contributed by atoms with Gasteiger partial charge in [-0.15, -0.1) is 11.3 Å². The molecule has 0 aliphatic heterocycles. The number of amides is 1. The number of anilines is 2. The Morgan fingerprint density at radius 1 is 1.21 bits per heavy atom. The molecule has 24 heavy (non-hydrogen) atoms. The summed E-state index contributed by atoms with van der Waals surface area (Å²) in [5, 5.41) is 2.85. The zero-order valence-corrected chi connectivity index (χ0v) is 15.8. The van der Waals surface area contributed by atoms with Crippen LogP contribution in [-0.2, 0) is 16.0 Å². The van der Waals surface area contributed by atoms with Crippen molar-refractivity contribution in [3.8, 4) is 0 Å². The molecule has 0 bridgehead atoms. The molecule has 5 nitrogen and oxygen atoms in total. The van der Waals surface area contributed by atoms with Gasteiger partial charge in [0, 0.05) is 44.5 Å². The predicted molar refractivity (Wildman–Crippen MR) is 100 cm³/mol.